The van der Waals surface area contributed by atoms with Gasteiger partial charge in [0.2, 0.25) is 5.79 Å². The van der Waals surface area contributed by atoms with Crippen molar-refractivity contribution in [1.29, 1.82) is 0 Å². The van der Waals surface area contributed by atoms with E-state index in [1.54, 1.807) is 41.3 Å². The summed E-state index contributed by atoms with van der Waals surface area (Å²) in [5.41, 5.74) is 2.28. The summed E-state index contributed by atoms with van der Waals surface area (Å²) in [6.07, 6.45) is 9.18. The number of fused-ring (bicyclic) bond motifs is 2. The van der Waals surface area contributed by atoms with Crippen LogP contribution in [-0.4, -0.2) is 83.4 Å². The molecule has 0 unspecified atom stereocenters. The molecule has 6 atom stereocenters. The maximum absolute atomic E-state index is 14.5. The Morgan fingerprint density at radius 3 is 2.44 bits per heavy atom. The Morgan fingerprint density at radius 1 is 1.05 bits per heavy atom. The van der Waals surface area contributed by atoms with E-state index in [1.165, 1.54) is 12.1 Å². The lowest BCUT2D eigenvalue weighted by atomic mass is 9.55. The van der Waals surface area contributed by atoms with E-state index >= 15 is 0 Å². The molecule has 1 saturated carbocycles. The van der Waals surface area contributed by atoms with Crippen LogP contribution in [0.25, 0.3) is 0 Å². The fourth-order valence-electron chi connectivity index (χ4n) is 8.59. The lowest BCUT2D eigenvalue weighted by molar-refractivity contribution is -0.256. The number of ether oxygens (including phenoxy) is 4. The largest absolute Gasteiger partial charge is 0.459 e. The van der Waals surface area contributed by atoms with Crippen molar-refractivity contribution >= 4 is 17.9 Å². The lowest BCUT2D eigenvalue weighted by Gasteiger charge is -2.60. The molecule has 322 valence electrons. The van der Waals surface area contributed by atoms with Crippen LogP contribution in [0.5, 0.6) is 11.5 Å². The second kappa shape index (κ2) is 21.0. The van der Waals surface area contributed by atoms with Gasteiger partial charge in [-0.05, 0) is 113 Å². The molecule has 5 rings (SSSR count). The van der Waals surface area contributed by atoms with Crippen LogP contribution >= 0.6 is 0 Å². The van der Waals surface area contributed by atoms with E-state index in [4.69, 9.17) is 28.9 Å². The van der Waals surface area contributed by atoms with Crippen molar-refractivity contribution in [3.63, 3.8) is 0 Å². The molecule has 0 saturated heterocycles. The first-order valence-electron chi connectivity index (χ1n) is 20.9. The number of nitrogens with zero attached hydrogens (tertiary/aromatic N) is 2. The van der Waals surface area contributed by atoms with Gasteiger partial charge in [-0.2, -0.15) is 0 Å². The van der Waals surface area contributed by atoms with Gasteiger partial charge < -0.3 is 39.3 Å². The summed E-state index contributed by atoms with van der Waals surface area (Å²) in [5.74, 6) is -2.11. The number of aliphatic hydroxyl groups is 2. The molecule has 2 aromatic rings. The van der Waals surface area contributed by atoms with E-state index < -0.39 is 41.4 Å². The number of amides is 2. The van der Waals surface area contributed by atoms with Crippen molar-refractivity contribution in [2.75, 3.05) is 33.0 Å². The number of oxime groups is 1. The Balaban J connectivity index is 1.81. The molecule has 13 heteroatoms. The van der Waals surface area contributed by atoms with E-state index in [-0.39, 0.29) is 57.1 Å². The molecule has 0 radical (unpaired) electrons. The lowest BCUT2D eigenvalue weighted by Crippen LogP contribution is -2.70. The van der Waals surface area contributed by atoms with Crippen molar-refractivity contribution in [3.05, 3.63) is 96.4 Å². The molecule has 2 amide bonds. The summed E-state index contributed by atoms with van der Waals surface area (Å²) in [7, 11) is 0. The first kappa shape index (κ1) is 45.4. The van der Waals surface area contributed by atoms with Crippen LogP contribution in [0.15, 0.2) is 84.6 Å². The third-order valence-electron chi connectivity index (χ3n) is 11.0. The van der Waals surface area contributed by atoms with E-state index in [0.717, 1.165) is 36.8 Å². The molecule has 0 aromatic heterocycles. The van der Waals surface area contributed by atoms with E-state index in [1.807, 2.05) is 33.8 Å². The smallest absolute Gasteiger partial charge is 0.412 e. The average molecular weight is 820 g/mol. The molecule has 1 fully saturated rings. The van der Waals surface area contributed by atoms with Gasteiger partial charge in [0.05, 0.1) is 24.8 Å². The SMILES string of the molecule is C=CCCOC(=O)N(Cc1ccc(F)cc1)[C@H]1CC(=NOC(C)(C)C)C2=C[C@H](CCCCO)[C@@H](CCCCO)[C@@H]3c4cc(OC(=O)NCC)ccc4O[C@@]1(OCC=C)[C@H]23. The van der Waals surface area contributed by atoms with Crippen molar-refractivity contribution in [2.45, 2.75) is 109 Å². The Kier molecular flexibility index (Phi) is 16.1. The summed E-state index contributed by atoms with van der Waals surface area (Å²) in [6, 6.07) is 10.4. The molecule has 1 heterocycles. The minimum absolute atomic E-state index is 0.00286. The van der Waals surface area contributed by atoms with Gasteiger partial charge in [0.25, 0.3) is 0 Å². The normalized spacial score (nSPS) is 23.8. The van der Waals surface area contributed by atoms with Gasteiger partial charge in [0, 0.05) is 44.2 Å². The number of carbonyl (C=O) groups excluding carboxylic acids is 2. The molecule has 0 bridgehead atoms. The fourth-order valence-corrected chi connectivity index (χ4v) is 8.59. The number of aliphatic hydroxyl groups excluding tert-OH is 2. The number of hydrogen-bond acceptors (Lipinski definition) is 10. The third-order valence-corrected chi connectivity index (χ3v) is 11.0. The van der Waals surface area contributed by atoms with Crippen LogP contribution in [0, 0.1) is 23.6 Å². The third kappa shape index (κ3) is 11.1. The molecule has 12 nitrogen and oxygen atoms in total. The Labute approximate surface area is 348 Å². The van der Waals surface area contributed by atoms with Crippen LogP contribution in [0.4, 0.5) is 14.0 Å². The number of unbranched alkanes of at least 4 members (excludes halogenated alkanes) is 2. The maximum atomic E-state index is 14.5. The highest BCUT2D eigenvalue weighted by molar-refractivity contribution is 6.03. The number of rotatable bonds is 20. The van der Waals surface area contributed by atoms with Crippen molar-refractivity contribution in [1.82, 2.24) is 10.2 Å². The molecule has 1 aliphatic heterocycles. The van der Waals surface area contributed by atoms with Gasteiger partial charge in [-0.15, -0.1) is 13.2 Å². The Morgan fingerprint density at radius 2 is 1.78 bits per heavy atom. The quantitative estimate of drug-likeness (QED) is 0.0679. The predicted octanol–water partition coefficient (Wildman–Crippen LogP) is 8.58. The van der Waals surface area contributed by atoms with E-state index in [0.29, 0.717) is 48.6 Å². The van der Waals surface area contributed by atoms with Gasteiger partial charge >= 0.3 is 12.2 Å². The van der Waals surface area contributed by atoms with Gasteiger partial charge in [-0.1, -0.05) is 48.4 Å². The summed E-state index contributed by atoms with van der Waals surface area (Å²) in [4.78, 5) is 35.0. The van der Waals surface area contributed by atoms with E-state index in [2.05, 4.69) is 24.6 Å². The summed E-state index contributed by atoms with van der Waals surface area (Å²) < 4.78 is 40.1. The van der Waals surface area contributed by atoms with Crippen LogP contribution in [0.3, 0.4) is 0 Å². The molecule has 2 aromatic carbocycles. The summed E-state index contributed by atoms with van der Waals surface area (Å²) >= 11 is 0. The average Bonchev–Trinajstić information content (AvgIpc) is 3.20. The first-order chi connectivity index (χ1) is 28.4. The molecule has 2 aliphatic carbocycles. The van der Waals surface area contributed by atoms with Gasteiger partial charge in [-0.3, -0.25) is 4.90 Å². The highest BCUT2D eigenvalue weighted by Crippen LogP contribution is 2.62. The molecule has 3 aliphatic rings. The van der Waals surface area contributed by atoms with Gasteiger partial charge in [0.15, 0.2) is 0 Å². The zero-order chi connectivity index (χ0) is 42.6. The Bertz CT molecular complexity index is 1810. The molecule has 0 spiro atoms. The predicted molar refractivity (Wildman–Crippen MR) is 224 cm³/mol. The van der Waals surface area contributed by atoms with Crippen LogP contribution < -0.4 is 14.8 Å². The maximum Gasteiger partial charge on any atom is 0.412 e. The number of hydrogen-bond donors (Lipinski definition) is 3. The van der Waals surface area contributed by atoms with Crippen molar-refractivity contribution < 1.29 is 48.0 Å². The minimum atomic E-state index is -1.55. The second-order valence-corrected chi connectivity index (χ2v) is 16.3. The van der Waals surface area contributed by atoms with Crippen molar-refractivity contribution in [2.24, 2.45) is 22.9 Å². The van der Waals surface area contributed by atoms with Gasteiger partial charge in [0.1, 0.15) is 29.0 Å². The molecular weight excluding hydrogens is 758 g/mol. The Hall–Kier alpha value is -4.72. The number of benzene rings is 2. The molecule has 3 N–H and O–H groups in total. The number of nitrogens with one attached hydrogen (secondary N) is 1. The number of carbonyl (C=O) groups is 2. The molecule has 59 heavy (non-hydrogen) atoms. The van der Waals surface area contributed by atoms with E-state index in [9.17, 15) is 24.2 Å². The van der Waals surface area contributed by atoms with Gasteiger partial charge in [-0.25, -0.2) is 14.0 Å². The summed E-state index contributed by atoms with van der Waals surface area (Å²) in [5, 5.41) is 27.3. The van der Waals surface area contributed by atoms with Crippen LogP contribution in [0.2, 0.25) is 0 Å². The number of halogens is 1. The fraction of sp³-hybridized carbons (Fsp3) is 0.543. The minimum Gasteiger partial charge on any atom is -0.459 e. The summed E-state index contributed by atoms with van der Waals surface area (Å²) in [6.45, 7) is 16.0. The number of allylic oxidation sites excluding steroid dienone is 1. The van der Waals surface area contributed by atoms with Crippen LogP contribution in [0.1, 0.15) is 96.1 Å². The second-order valence-electron chi connectivity index (χ2n) is 16.3. The topological polar surface area (TPSA) is 148 Å². The highest BCUT2D eigenvalue weighted by Gasteiger charge is 2.65. The standard InChI is InChI=1S/C46H62FN3O9/c1-7-10-26-55-44(54)50(30-31-17-19-33(47)20-18-31)40-29-38(49-59-45(4,5)6)36-27-32(15-11-13-23-51)35(16-12-14-24-52)41-37-28-34(57-43(53)48-9-3)21-22-39(37)58-46(40,42(36)41)56-25-8-2/h7-8,17-22,27-28,32,35,40-42,51-52H,1-2,9-16,23-26,29-30H2,3-6H3,(H,48,53)/t32-,35+,40-,41+,42+,46+/m0/s1. The zero-order valence-corrected chi connectivity index (χ0v) is 35.0. The van der Waals surface area contributed by atoms with Crippen LogP contribution in [-0.2, 0) is 20.9 Å². The molecular formula is C46H62FN3O9. The highest BCUT2D eigenvalue weighted by atomic mass is 19.1. The van der Waals surface area contributed by atoms with Crippen molar-refractivity contribution in [3.8, 4) is 11.5 Å². The monoisotopic (exact) mass is 819 g/mol. The zero-order valence-electron chi connectivity index (χ0n) is 35.0. The first-order valence-corrected chi connectivity index (χ1v) is 20.9.